The van der Waals surface area contributed by atoms with E-state index < -0.39 is 0 Å². The highest BCUT2D eigenvalue weighted by molar-refractivity contribution is 6.31. The van der Waals surface area contributed by atoms with Gasteiger partial charge in [-0.2, -0.15) is 5.10 Å². The molecule has 0 spiro atoms. The number of nitrogens with zero attached hydrogens (tertiary/aromatic N) is 1. The Morgan fingerprint density at radius 2 is 1.85 bits per heavy atom. The molecule has 0 aliphatic heterocycles. The summed E-state index contributed by atoms with van der Waals surface area (Å²) in [5.74, 6) is 0.0774. The summed E-state index contributed by atoms with van der Waals surface area (Å²) >= 11 is 6.02. The van der Waals surface area contributed by atoms with Crippen molar-refractivity contribution < 1.29 is 14.3 Å². The Morgan fingerprint density at radius 1 is 1.11 bits per heavy atom. The number of anilines is 1. The van der Waals surface area contributed by atoms with Crippen LogP contribution in [0.2, 0.25) is 5.02 Å². The zero-order valence-electron chi connectivity index (χ0n) is 15.3. The molecule has 0 aliphatic rings. The van der Waals surface area contributed by atoms with Gasteiger partial charge in [0.05, 0.1) is 12.8 Å². The van der Waals surface area contributed by atoms with Crippen LogP contribution in [0.5, 0.6) is 5.75 Å². The zero-order valence-corrected chi connectivity index (χ0v) is 16.0. The van der Waals surface area contributed by atoms with Crippen molar-refractivity contribution >= 4 is 35.3 Å². The summed E-state index contributed by atoms with van der Waals surface area (Å²) in [4.78, 5) is 23.9. The van der Waals surface area contributed by atoms with Crippen molar-refractivity contribution in [1.82, 2.24) is 5.43 Å². The molecule has 0 aromatic heterocycles. The molecule has 6 nitrogen and oxygen atoms in total. The van der Waals surface area contributed by atoms with Crippen LogP contribution in [-0.4, -0.2) is 24.6 Å². The van der Waals surface area contributed by atoms with E-state index in [0.717, 1.165) is 11.1 Å². The molecule has 2 aromatic carbocycles. The van der Waals surface area contributed by atoms with Gasteiger partial charge in [0.25, 0.3) is 0 Å². The molecule has 2 aromatic rings. The minimum atomic E-state index is -0.349. The molecule has 27 heavy (non-hydrogen) atoms. The molecule has 2 rings (SSSR count). The maximum Gasteiger partial charge on any atom is 0.240 e. The molecule has 2 amide bonds. The van der Waals surface area contributed by atoms with E-state index in [2.05, 4.69) is 15.8 Å². The van der Waals surface area contributed by atoms with Crippen LogP contribution in [0, 0.1) is 6.92 Å². The summed E-state index contributed by atoms with van der Waals surface area (Å²) in [5, 5.41) is 7.25. The first-order valence-electron chi connectivity index (χ1n) is 8.60. The highest BCUT2D eigenvalue weighted by Gasteiger charge is 2.09. The second kappa shape index (κ2) is 10.3. The molecule has 0 aliphatic carbocycles. The van der Waals surface area contributed by atoms with Crippen LogP contribution in [0.4, 0.5) is 5.69 Å². The van der Waals surface area contributed by atoms with Gasteiger partial charge in [-0.1, -0.05) is 29.8 Å². The zero-order chi connectivity index (χ0) is 19.6. The fourth-order valence-corrected chi connectivity index (χ4v) is 2.46. The van der Waals surface area contributed by atoms with Gasteiger partial charge in [0.1, 0.15) is 5.75 Å². The Labute approximate surface area is 163 Å². The number of rotatable bonds is 8. The van der Waals surface area contributed by atoms with E-state index in [0.29, 0.717) is 23.1 Å². The van der Waals surface area contributed by atoms with Crippen molar-refractivity contribution in [3.05, 3.63) is 58.6 Å². The van der Waals surface area contributed by atoms with Crippen molar-refractivity contribution in [2.75, 3.05) is 11.9 Å². The lowest BCUT2D eigenvalue weighted by Crippen LogP contribution is -2.21. The lowest BCUT2D eigenvalue weighted by atomic mass is 10.2. The Hall–Kier alpha value is -2.86. The van der Waals surface area contributed by atoms with E-state index in [9.17, 15) is 9.59 Å². The second-order valence-corrected chi connectivity index (χ2v) is 6.13. The largest absolute Gasteiger partial charge is 0.493 e. The summed E-state index contributed by atoms with van der Waals surface area (Å²) in [6.45, 7) is 4.25. The van der Waals surface area contributed by atoms with Crippen LogP contribution in [0.1, 0.15) is 30.9 Å². The number of benzene rings is 2. The number of hydrazone groups is 1. The van der Waals surface area contributed by atoms with Crippen LogP contribution >= 0.6 is 11.6 Å². The number of hydrogen-bond donors (Lipinski definition) is 2. The number of ether oxygens (including phenoxy) is 1. The smallest absolute Gasteiger partial charge is 0.240 e. The molecular weight excluding hydrogens is 366 g/mol. The Balaban J connectivity index is 1.81. The number of amides is 2. The van der Waals surface area contributed by atoms with Gasteiger partial charge in [-0.3, -0.25) is 9.59 Å². The van der Waals surface area contributed by atoms with E-state index in [1.165, 1.54) is 6.21 Å². The van der Waals surface area contributed by atoms with Crippen molar-refractivity contribution in [2.24, 2.45) is 5.10 Å². The number of carbonyl (C=O) groups is 2. The quantitative estimate of drug-likeness (QED) is 0.532. The van der Waals surface area contributed by atoms with Crippen LogP contribution in [-0.2, 0) is 9.59 Å². The van der Waals surface area contributed by atoms with Crippen LogP contribution in [0.15, 0.2) is 47.6 Å². The molecule has 0 atom stereocenters. The normalized spacial score (nSPS) is 10.6. The number of para-hydroxylation sites is 1. The predicted octanol–water partition coefficient (Wildman–Crippen LogP) is 3.92. The van der Waals surface area contributed by atoms with E-state index in [1.54, 1.807) is 18.2 Å². The van der Waals surface area contributed by atoms with E-state index in [-0.39, 0.29) is 24.7 Å². The maximum atomic E-state index is 12.0. The molecule has 7 heteroatoms. The van der Waals surface area contributed by atoms with Crippen molar-refractivity contribution in [2.45, 2.75) is 26.7 Å². The molecular formula is C20H22ClN3O3. The molecule has 0 fully saturated rings. The van der Waals surface area contributed by atoms with Crippen LogP contribution in [0.3, 0.4) is 0 Å². The number of hydrogen-bond acceptors (Lipinski definition) is 4. The van der Waals surface area contributed by atoms with Crippen LogP contribution < -0.4 is 15.5 Å². The molecule has 0 radical (unpaired) electrons. The average molecular weight is 388 g/mol. The monoisotopic (exact) mass is 387 g/mol. The Kier molecular flexibility index (Phi) is 7.82. The first-order chi connectivity index (χ1) is 13.0. The lowest BCUT2D eigenvalue weighted by molar-refractivity contribution is -0.124. The second-order valence-electron chi connectivity index (χ2n) is 5.72. The van der Waals surface area contributed by atoms with Crippen molar-refractivity contribution in [3.8, 4) is 5.75 Å². The topological polar surface area (TPSA) is 79.8 Å². The number of carbonyl (C=O) groups excluding carboxylic acids is 2. The summed E-state index contributed by atoms with van der Waals surface area (Å²) in [7, 11) is 0. The third-order valence-electron chi connectivity index (χ3n) is 3.73. The third-order valence-corrected chi connectivity index (χ3v) is 4.14. The number of halogens is 1. The lowest BCUT2D eigenvalue weighted by Gasteiger charge is -2.09. The van der Waals surface area contributed by atoms with Crippen molar-refractivity contribution in [3.63, 3.8) is 0 Å². The molecule has 0 bridgehead atoms. The fourth-order valence-electron chi connectivity index (χ4n) is 2.29. The van der Waals surface area contributed by atoms with E-state index in [1.807, 2.05) is 38.1 Å². The SMILES string of the molecule is CCOc1ccccc1C=NNC(=O)CCC(=O)Nc1cccc(Cl)c1C. The Morgan fingerprint density at radius 3 is 2.63 bits per heavy atom. The minimum absolute atomic E-state index is 0.0237. The summed E-state index contributed by atoms with van der Waals surface area (Å²) < 4.78 is 5.48. The number of nitrogens with one attached hydrogen (secondary N) is 2. The standard InChI is InChI=1S/C20H22ClN3O3/c1-3-27-18-10-5-4-7-15(18)13-22-24-20(26)12-11-19(25)23-17-9-6-8-16(21)14(17)2/h4-10,13H,3,11-12H2,1-2H3,(H,23,25)(H,24,26). The van der Waals surface area contributed by atoms with E-state index in [4.69, 9.17) is 16.3 Å². The van der Waals surface area contributed by atoms with Crippen molar-refractivity contribution in [1.29, 1.82) is 0 Å². The Bertz CT molecular complexity index is 837. The third kappa shape index (κ3) is 6.42. The first-order valence-corrected chi connectivity index (χ1v) is 8.97. The van der Waals surface area contributed by atoms with Gasteiger partial charge in [-0.05, 0) is 43.7 Å². The van der Waals surface area contributed by atoms with Gasteiger partial charge in [-0.25, -0.2) is 5.43 Å². The molecule has 0 saturated carbocycles. The average Bonchev–Trinajstić information content (AvgIpc) is 2.65. The summed E-state index contributed by atoms with van der Waals surface area (Å²) in [6, 6.07) is 12.7. The van der Waals surface area contributed by atoms with Gasteiger partial charge in [0.2, 0.25) is 11.8 Å². The van der Waals surface area contributed by atoms with Gasteiger partial charge >= 0.3 is 0 Å². The summed E-state index contributed by atoms with van der Waals surface area (Å²) in [5.41, 5.74) is 4.60. The van der Waals surface area contributed by atoms with Gasteiger partial charge in [-0.15, -0.1) is 0 Å². The highest BCUT2D eigenvalue weighted by atomic mass is 35.5. The minimum Gasteiger partial charge on any atom is -0.493 e. The van der Waals surface area contributed by atoms with Gasteiger partial charge in [0.15, 0.2) is 0 Å². The van der Waals surface area contributed by atoms with Gasteiger partial charge < -0.3 is 10.1 Å². The molecule has 0 heterocycles. The molecule has 0 unspecified atom stereocenters. The first kappa shape index (κ1) is 20.5. The van der Waals surface area contributed by atoms with Gasteiger partial charge in [0, 0.05) is 29.1 Å². The molecule has 142 valence electrons. The van der Waals surface area contributed by atoms with Crippen LogP contribution in [0.25, 0.3) is 0 Å². The summed E-state index contributed by atoms with van der Waals surface area (Å²) in [6.07, 6.45) is 1.58. The molecule has 2 N–H and O–H groups in total. The predicted molar refractivity (Wildman–Crippen MR) is 107 cm³/mol. The van der Waals surface area contributed by atoms with E-state index >= 15 is 0 Å². The molecule has 0 saturated heterocycles. The fraction of sp³-hybridized carbons (Fsp3) is 0.250. The highest BCUT2D eigenvalue weighted by Crippen LogP contribution is 2.23. The maximum absolute atomic E-state index is 12.0.